The Kier molecular flexibility index (Phi) is 4.38. The minimum absolute atomic E-state index is 0.266. The average Bonchev–Trinajstić information content (AvgIpc) is 2.62. The van der Waals surface area contributed by atoms with E-state index in [2.05, 4.69) is 44.8 Å². The van der Waals surface area contributed by atoms with Crippen molar-refractivity contribution in [2.75, 3.05) is 13.1 Å². The summed E-state index contributed by atoms with van der Waals surface area (Å²) in [6.07, 6.45) is 5.70. The van der Waals surface area contributed by atoms with Crippen LogP contribution >= 0.6 is 0 Å². The zero-order chi connectivity index (χ0) is 13.3. The summed E-state index contributed by atoms with van der Waals surface area (Å²) in [5.41, 5.74) is 0.266. The van der Waals surface area contributed by atoms with Gasteiger partial charge in [0.2, 0.25) is 0 Å². The van der Waals surface area contributed by atoms with Crippen LogP contribution in [0.15, 0.2) is 0 Å². The normalized spacial score (nSPS) is 34.0. The van der Waals surface area contributed by atoms with Crippen molar-refractivity contribution in [1.29, 1.82) is 0 Å². The number of hydrogen-bond donors (Lipinski definition) is 1. The Labute approximate surface area is 114 Å². The number of rotatable bonds is 4. The molecule has 3 unspecified atom stereocenters. The molecule has 3 atom stereocenters. The molecule has 1 heterocycles. The summed E-state index contributed by atoms with van der Waals surface area (Å²) in [5.74, 6) is 1.72. The highest BCUT2D eigenvalue weighted by Crippen LogP contribution is 2.38. The molecule has 1 aliphatic carbocycles. The SMILES string of the molecule is CC(C)C1CCCN1C1CCC1CNC(C)(C)C. The Bertz CT molecular complexity index is 267. The molecule has 0 amide bonds. The number of hydrogen-bond acceptors (Lipinski definition) is 2. The van der Waals surface area contributed by atoms with Crippen molar-refractivity contribution in [2.45, 2.75) is 77.9 Å². The van der Waals surface area contributed by atoms with Crippen LogP contribution in [0, 0.1) is 11.8 Å². The third kappa shape index (κ3) is 3.27. The molecule has 2 nitrogen and oxygen atoms in total. The summed E-state index contributed by atoms with van der Waals surface area (Å²) in [7, 11) is 0. The number of likely N-dealkylation sites (tertiary alicyclic amines) is 1. The van der Waals surface area contributed by atoms with Crippen molar-refractivity contribution in [2.24, 2.45) is 11.8 Å². The van der Waals surface area contributed by atoms with Crippen molar-refractivity contribution in [3.05, 3.63) is 0 Å². The molecular weight excluding hydrogens is 220 g/mol. The number of nitrogens with zero attached hydrogens (tertiary/aromatic N) is 1. The molecule has 2 aliphatic rings. The quantitative estimate of drug-likeness (QED) is 0.826. The largest absolute Gasteiger partial charge is 0.312 e. The molecule has 0 aromatic heterocycles. The van der Waals surface area contributed by atoms with Gasteiger partial charge in [0.15, 0.2) is 0 Å². The van der Waals surface area contributed by atoms with Gasteiger partial charge in [-0.3, -0.25) is 4.90 Å². The Morgan fingerprint density at radius 2 is 1.89 bits per heavy atom. The number of nitrogens with one attached hydrogen (secondary N) is 1. The Morgan fingerprint density at radius 1 is 1.17 bits per heavy atom. The lowest BCUT2D eigenvalue weighted by Gasteiger charge is -2.47. The molecule has 2 heteroatoms. The first-order valence-electron chi connectivity index (χ1n) is 7.89. The molecule has 0 spiro atoms. The molecule has 1 saturated carbocycles. The van der Waals surface area contributed by atoms with Gasteiger partial charge < -0.3 is 5.32 Å². The van der Waals surface area contributed by atoms with Gasteiger partial charge in [-0.25, -0.2) is 0 Å². The smallest absolute Gasteiger partial charge is 0.0139 e. The van der Waals surface area contributed by atoms with Crippen LogP contribution in [-0.4, -0.2) is 35.6 Å². The van der Waals surface area contributed by atoms with Crippen molar-refractivity contribution in [3.8, 4) is 0 Å². The maximum atomic E-state index is 3.69. The van der Waals surface area contributed by atoms with E-state index in [0.717, 1.165) is 23.9 Å². The van der Waals surface area contributed by atoms with E-state index in [-0.39, 0.29) is 5.54 Å². The first-order chi connectivity index (χ1) is 8.38. The highest BCUT2D eigenvalue weighted by Gasteiger charge is 2.41. The lowest BCUT2D eigenvalue weighted by Crippen LogP contribution is -2.54. The molecule has 18 heavy (non-hydrogen) atoms. The Morgan fingerprint density at radius 3 is 2.39 bits per heavy atom. The maximum Gasteiger partial charge on any atom is 0.0139 e. The van der Waals surface area contributed by atoms with Crippen LogP contribution < -0.4 is 5.32 Å². The van der Waals surface area contributed by atoms with Crippen molar-refractivity contribution in [1.82, 2.24) is 10.2 Å². The minimum atomic E-state index is 0.266. The fourth-order valence-corrected chi connectivity index (χ4v) is 3.61. The summed E-state index contributed by atoms with van der Waals surface area (Å²) >= 11 is 0. The van der Waals surface area contributed by atoms with Crippen LogP contribution in [0.4, 0.5) is 0 Å². The van der Waals surface area contributed by atoms with Gasteiger partial charge in [-0.15, -0.1) is 0 Å². The van der Waals surface area contributed by atoms with Crippen LogP contribution in [0.2, 0.25) is 0 Å². The zero-order valence-corrected chi connectivity index (χ0v) is 13.0. The van der Waals surface area contributed by atoms with Crippen LogP contribution in [0.1, 0.15) is 60.3 Å². The van der Waals surface area contributed by atoms with Gasteiger partial charge in [-0.05, 0) is 71.4 Å². The van der Waals surface area contributed by atoms with Crippen molar-refractivity contribution in [3.63, 3.8) is 0 Å². The van der Waals surface area contributed by atoms with E-state index in [1.54, 1.807) is 0 Å². The van der Waals surface area contributed by atoms with Crippen molar-refractivity contribution < 1.29 is 0 Å². The lowest BCUT2D eigenvalue weighted by atomic mass is 9.77. The molecule has 2 fully saturated rings. The molecule has 1 aliphatic heterocycles. The summed E-state index contributed by atoms with van der Waals surface area (Å²) < 4.78 is 0. The second-order valence-electron chi connectivity index (χ2n) is 7.73. The third-order valence-corrected chi connectivity index (χ3v) is 4.81. The predicted molar refractivity (Wildman–Crippen MR) is 78.8 cm³/mol. The van der Waals surface area contributed by atoms with E-state index in [4.69, 9.17) is 0 Å². The molecule has 0 aromatic rings. The molecule has 2 rings (SSSR count). The first kappa shape index (κ1) is 14.3. The molecule has 1 saturated heterocycles. The van der Waals surface area contributed by atoms with Crippen LogP contribution in [0.25, 0.3) is 0 Å². The van der Waals surface area contributed by atoms with E-state index < -0.39 is 0 Å². The van der Waals surface area contributed by atoms with Gasteiger partial charge in [0.25, 0.3) is 0 Å². The average molecular weight is 252 g/mol. The maximum absolute atomic E-state index is 3.69. The predicted octanol–water partition coefficient (Wildman–Crippen LogP) is 3.27. The molecule has 0 aromatic carbocycles. The zero-order valence-electron chi connectivity index (χ0n) is 13.0. The first-order valence-corrected chi connectivity index (χ1v) is 7.89. The van der Waals surface area contributed by atoms with Gasteiger partial charge in [0.05, 0.1) is 0 Å². The fourth-order valence-electron chi connectivity index (χ4n) is 3.61. The standard InChI is InChI=1S/C16H32N2/c1-12(2)14-7-6-10-18(14)15-9-8-13(15)11-17-16(3,4)5/h12-15,17H,6-11H2,1-5H3. The van der Waals surface area contributed by atoms with E-state index in [9.17, 15) is 0 Å². The topological polar surface area (TPSA) is 15.3 Å². The lowest BCUT2D eigenvalue weighted by molar-refractivity contribution is 0.0347. The Hall–Kier alpha value is -0.0800. The summed E-state index contributed by atoms with van der Waals surface area (Å²) in [6, 6.07) is 1.72. The molecule has 0 radical (unpaired) electrons. The second kappa shape index (κ2) is 5.50. The van der Waals surface area contributed by atoms with Crippen LogP contribution in [0.3, 0.4) is 0 Å². The second-order valence-corrected chi connectivity index (χ2v) is 7.73. The van der Waals surface area contributed by atoms with E-state index >= 15 is 0 Å². The van der Waals surface area contributed by atoms with Crippen molar-refractivity contribution >= 4 is 0 Å². The monoisotopic (exact) mass is 252 g/mol. The van der Waals surface area contributed by atoms with E-state index in [1.807, 2.05) is 0 Å². The van der Waals surface area contributed by atoms with E-state index in [1.165, 1.54) is 38.8 Å². The highest BCUT2D eigenvalue weighted by molar-refractivity contribution is 4.96. The highest BCUT2D eigenvalue weighted by atomic mass is 15.2. The van der Waals surface area contributed by atoms with Crippen LogP contribution in [-0.2, 0) is 0 Å². The third-order valence-electron chi connectivity index (χ3n) is 4.81. The minimum Gasteiger partial charge on any atom is -0.312 e. The van der Waals surface area contributed by atoms with Gasteiger partial charge >= 0.3 is 0 Å². The molecular formula is C16H32N2. The van der Waals surface area contributed by atoms with Gasteiger partial charge in [-0.1, -0.05) is 13.8 Å². The fraction of sp³-hybridized carbons (Fsp3) is 1.00. The molecule has 1 N–H and O–H groups in total. The van der Waals surface area contributed by atoms with E-state index in [0.29, 0.717) is 0 Å². The van der Waals surface area contributed by atoms with Gasteiger partial charge in [0.1, 0.15) is 0 Å². The summed E-state index contributed by atoms with van der Waals surface area (Å²) in [6.45, 7) is 14.2. The Balaban J connectivity index is 1.86. The molecule has 0 bridgehead atoms. The van der Waals surface area contributed by atoms with Gasteiger partial charge in [0, 0.05) is 17.6 Å². The van der Waals surface area contributed by atoms with Gasteiger partial charge in [-0.2, -0.15) is 0 Å². The summed E-state index contributed by atoms with van der Waals surface area (Å²) in [5, 5.41) is 3.69. The van der Waals surface area contributed by atoms with Crippen LogP contribution in [0.5, 0.6) is 0 Å². The summed E-state index contributed by atoms with van der Waals surface area (Å²) in [4.78, 5) is 2.84. The molecule has 106 valence electrons.